The zero-order chi connectivity index (χ0) is 11.4. The van der Waals surface area contributed by atoms with Crippen LogP contribution in [0, 0.1) is 11.1 Å². The van der Waals surface area contributed by atoms with Crippen LogP contribution in [0.25, 0.3) is 0 Å². The van der Waals surface area contributed by atoms with Crippen molar-refractivity contribution in [2.45, 2.75) is 17.9 Å². The van der Waals surface area contributed by atoms with E-state index in [-0.39, 0.29) is 0 Å². The van der Waals surface area contributed by atoms with Crippen molar-refractivity contribution < 1.29 is 4.73 Å². The molecule has 0 bridgehead atoms. The molecule has 2 heterocycles. The lowest BCUT2D eigenvalue weighted by Crippen LogP contribution is -2.34. The number of rotatable bonds is 3. The predicted octanol–water partition coefficient (Wildman–Crippen LogP) is 1.75. The van der Waals surface area contributed by atoms with Crippen LogP contribution in [-0.4, -0.2) is 30.8 Å². The molecule has 1 aliphatic heterocycles. The van der Waals surface area contributed by atoms with E-state index in [2.05, 4.69) is 11.9 Å². The van der Waals surface area contributed by atoms with E-state index >= 15 is 0 Å². The highest BCUT2D eigenvalue weighted by Gasteiger charge is 2.18. The van der Waals surface area contributed by atoms with Gasteiger partial charge in [-0.2, -0.15) is 4.73 Å². The minimum atomic E-state index is 0.726. The van der Waals surface area contributed by atoms with E-state index in [0.29, 0.717) is 0 Å². The van der Waals surface area contributed by atoms with Gasteiger partial charge in [-0.25, -0.2) is 0 Å². The fourth-order valence-corrected chi connectivity index (χ4v) is 3.18. The summed E-state index contributed by atoms with van der Waals surface area (Å²) in [5, 5.41) is 12.3. The molecule has 0 aromatic carbocycles. The molecule has 1 fully saturated rings. The Balaban J connectivity index is 1.85. The number of nitrogens with zero attached hydrogens (tertiary/aromatic N) is 2. The Morgan fingerprint density at radius 2 is 2.44 bits per heavy atom. The van der Waals surface area contributed by atoms with Gasteiger partial charge in [0.2, 0.25) is 0 Å². The summed E-state index contributed by atoms with van der Waals surface area (Å²) in [4.78, 5) is 2.38. The van der Waals surface area contributed by atoms with Crippen LogP contribution in [0.15, 0.2) is 29.4 Å². The molecule has 3 nitrogen and oxygen atoms in total. The molecular formula is C12H18N2OS. The maximum atomic E-state index is 11.4. The first-order valence-corrected chi connectivity index (χ1v) is 6.74. The van der Waals surface area contributed by atoms with Crippen molar-refractivity contribution in [3.8, 4) is 0 Å². The Bertz CT molecular complexity index is 346. The van der Waals surface area contributed by atoms with Crippen LogP contribution in [0.1, 0.15) is 12.8 Å². The molecule has 0 saturated carbocycles. The Morgan fingerprint density at radius 1 is 1.56 bits per heavy atom. The first-order chi connectivity index (χ1) is 7.75. The zero-order valence-corrected chi connectivity index (χ0v) is 10.4. The van der Waals surface area contributed by atoms with Gasteiger partial charge in [-0.1, -0.05) is 11.8 Å². The van der Waals surface area contributed by atoms with E-state index in [1.165, 1.54) is 25.9 Å². The van der Waals surface area contributed by atoms with Gasteiger partial charge in [0.25, 0.3) is 5.03 Å². The normalized spacial score (nSPS) is 22.2. The van der Waals surface area contributed by atoms with Crippen molar-refractivity contribution >= 4 is 11.8 Å². The summed E-state index contributed by atoms with van der Waals surface area (Å²) in [6, 6.07) is 5.58. The third-order valence-corrected chi connectivity index (χ3v) is 4.23. The molecular weight excluding hydrogens is 220 g/mol. The molecule has 1 aromatic heterocycles. The van der Waals surface area contributed by atoms with Gasteiger partial charge in [0, 0.05) is 24.4 Å². The predicted molar refractivity (Wildman–Crippen MR) is 66.3 cm³/mol. The average molecular weight is 238 g/mol. The third-order valence-electron chi connectivity index (χ3n) is 2.98. The summed E-state index contributed by atoms with van der Waals surface area (Å²) < 4.78 is 0.956. The topological polar surface area (TPSA) is 30.2 Å². The van der Waals surface area contributed by atoms with Gasteiger partial charge in [0.05, 0.1) is 0 Å². The highest BCUT2D eigenvalue weighted by molar-refractivity contribution is 7.99. The van der Waals surface area contributed by atoms with Crippen molar-refractivity contribution in [2.24, 2.45) is 5.92 Å². The highest BCUT2D eigenvalue weighted by atomic mass is 32.2. The standard InChI is InChI=1S/C12H18N2OS/c1-13-7-4-5-11(9-13)10-16-12-6-2-3-8-14(12)15/h2-3,6,8,11H,4-5,7,9-10H2,1H3. The Morgan fingerprint density at radius 3 is 3.19 bits per heavy atom. The Labute approximate surface area is 101 Å². The maximum Gasteiger partial charge on any atom is 0.251 e. The van der Waals surface area contributed by atoms with Gasteiger partial charge in [0.1, 0.15) is 0 Å². The quantitative estimate of drug-likeness (QED) is 0.456. The summed E-state index contributed by atoms with van der Waals surface area (Å²) in [6.45, 7) is 2.38. The second-order valence-corrected chi connectivity index (χ2v) is 5.49. The van der Waals surface area contributed by atoms with Crippen molar-refractivity contribution in [1.82, 2.24) is 4.90 Å². The number of hydrogen-bond donors (Lipinski definition) is 0. The molecule has 4 heteroatoms. The number of piperidine rings is 1. The molecule has 1 atom stereocenters. The van der Waals surface area contributed by atoms with E-state index in [1.807, 2.05) is 12.1 Å². The van der Waals surface area contributed by atoms with E-state index < -0.39 is 0 Å². The molecule has 1 aromatic rings. The van der Waals surface area contributed by atoms with Crippen LogP contribution in [0.5, 0.6) is 0 Å². The molecule has 0 spiro atoms. The molecule has 2 rings (SSSR count). The third kappa shape index (κ3) is 3.12. The van der Waals surface area contributed by atoms with E-state index in [4.69, 9.17) is 0 Å². The number of pyridine rings is 1. The monoisotopic (exact) mass is 238 g/mol. The average Bonchev–Trinajstić information content (AvgIpc) is 2.28. The molecule has 1 aliphatic rings. The Kier molecular flexibility index (Phi) is 4.07. The second-order valence-electron chi connectivity index (χ2n) is 4.45. The van der Waals surface area contributed by atoms with E-state index in [0.717, 1.165) is 21.4 Å². The van der Waals surface area contributed by atoms with Crippen molar-refractivity contribution in [3.05, 3.63) is 29.6 Å². The van der Waals surface area contributed by atoms with Crippen molar-refractivity contribution in [1.29, 1.82) is 0 Å². The molecule has 1 saturated heterocycles. The summed E-state index contributed by atoms with van der Waals surface area (Å²) in [5.74, 6) is 1.78. The van der Waals surface area contributed by atoms with Crippen molar-refractivity contribution in [3.63, 3.8) is 0 Å². The lowest BCUT2D eigenvalue weighted by molar-refractivity contribution is -0.645. The lowest BCUT2D eigenvalue weighted by Gasteiger charge is -2.29. The number of hydrogen-bond acceptors (Lipinski definition) is 3. The first kappa shape index (κ1) is 11.7. The van der Waals surface area contributed by atoms with Gasteiger partial charge in [0.15, 0.2) is 6.20 Å². The first-order valence-electron chi connectivity index (χ1n) is 5.75. The van der Waals surface area contributed by atoms with Crippen LogP contribution >= 0.6 is 11.8 Å². The fourth-order valence-electron chi connectivity index (χ4n) is 2.14. The zero-order valence-electron chi connectivity index (χ0n) is 9.63. The number of thioether (sulfide) groups is 1. The molecule has 0 N–H and O–H groups in total. The molecule has 88 valence electrons. The minimum Gasteiger partial charge on any atom is -0.618 e. The fraction of sp³-hybridized carbons (Fsp3) is 0.583. The van der Waals surface area contributed by atoms with Crippen LogP contribution in [-0.2, 0) is 0 Å². The largest absolute Gasteiger partial charge is 0.618 e. The van der Waals surface area contributed by atoms with Crippen LogP contribution < -0.4 is 4.73 Å². The Hall–Kier alpha value is -0.740. The number of likely N-dealkylation sites (tertiary alicyclic amines) is 1. The minimum absolute atomic E-state index is 0.726. The smallest absolute Gasteiger partial charge is 0.251 e. The van der Waals surface area contributed by atoms with Gasteiger partial charge >= 0.3 is 0 Å². The summed E-state index contributed by atoms with van der Waals surface area (Å²) in [6.07, 6.45) is 4.15. The van der Waals surface area contributed by atoms with Gasteiger partial charge in [-0.3, -0.25) is 0 Å². The van der Waals surface area contributed by atoms with Gasteiger partial charge < -0.3 is 10.1 Å². The molecule has 0 amide bonds. The number of aromatic nitrogens is 1. The van der Waals surface area contributed by atoms with Crippen LogP contribution in [0.3, 0.4) is 0 Å². The molecule has 0 radical (unpaired) electrons. The second kappa shape index (κ2) is 5.55. The van der Waals surface area contributed by atoms with E-state index in [1.54, 1.807) is 24.0 Å². The van der Waals surface area contributed by atoms with Crippen LogP contribution in [0.4, 0.5) is 0 Å². The van der Waals surface area contributed by atoms with Gasteiger partial charge in [-0.05, 0) is 38.4 Å². The molecule has 1 unspecified atom stereocenters. The van der Waals surface area contributed by atoms with E-state index in [9.17, 15) is 5.21 Å². The van der Waals surface area contributed by atoms with Gasteiger partial charge in [-0.15, -0.1) is 0 Å². The SMILES string of the molecule is CN1CCCC(CSc2cccc[n+]2[O-])C1. The van der Waals surface area contributed by atoms with Crippen LogP contribution in [0.2, 0.25) is 0 Å². The summed E-state index contributed by atoms with van der Waals surface area (Å²) in [5.41, 5.74) is 0. The highest BCUT2D eigenvalue weighted by Crippen LogP contribution is 2.23. The summed E-state index contributed by atoms with van der Waals surface area (Å²) in [7, 11) is 2.17. The maximum absolute atomic E-state index is 11.4. The molecule has 16 heavy (non-hydrogen) atoms. The molecule has 0 aliphatic carbocycles. The lowest BCUT2D eigenvalue weighted by atomic mass is 10.0. The van der Waals surface area contributed by atoms with Crippen molar-refractivity contribution in [2.75, 3.05) is 25.9 Å². The summed E-state index contributed by atoms with van der Waals surface area (Å²) >= 11 is 1.68.